The van der Waals surface area contributed by atoms with Gasteiger partial charge in [0.1, 0.15) is 0 Å². The van der Waals surface area contributed by atoms with Crippen LogP contribution in [-0.4, -0.2) is 33.9 Å². The second-order valence-corrected chi connectivity index (χ2v) is 6.61. The maximum atomic E-state index is 12.8. The van der Waals surface area contributed by atoms with Crippen LogP contribution in [0.15, 0.2) is 42.7 Å². The number of nitrogens with one attached hydrogen (secondary N) is 1. The van der Waals surface area contributed by atoms with Gasteiger partial charge in [-0.3, -0.25) is 4.79 Å². The van der Waals surface area contributed by atoms with Crippen LogP contribution in [0.4, 0.5) is 11.6 Å². The monoisotopic (exact) mass is 324 g/mol. The molecule has 1 N–H and O–H groups in total. The molecule has 24 heavy (non-hydrogen) atoms. The Labute approximate surface area is 143 Å². The average Bonchev–Trinajstić information content (AvgIpc) is 2.62. The molecule has 0 bridgehead atoms. The molecule has 1 aliphatic carbocycles. The summed E-state index contributed by atoms with van der Waals surface area (Å²) in [7, 11) is 1.92. The minimum atomic E-state index is 0.0761. The first-order valence-corrected chi connectivity index (χ1v) is 8.55. The largest absolute Gasteiger partial charge is 0.339 e. The molecular formula is C19H24N4O. The molecule has 1 amide bonds. The zero-order valence-electron chi connectivity index (χ0n) is 14.3. The minimum Gasteiger partial charge on any atom is -0.339 e. The van der Waals surface area contributed by atoms with Crippen LogP contribution in [0.5, 0.6) is 0 Å². The van der Waals surface area contributed by atoms with Crippen molar-refractivity contribution in [2.75, 3.05) is 12.4 Å². The lowest BCUT2D eigenvalue weighted by Crippen LogP contribution is -2.39. The Morgan fingerprint density at radius 2 is 1.83 bits per heavy atom. The standard InChI is InChI=1S/C19H24N4O/c1-14-7-9-17(10-8-14)23(2)18(24)15-5-3-6-16(13-15)22-19-20-11-4-12-21-19/h3-6,11-14,17H,7-10H2,1-2H3,(H,20,21,22). The smallest absolute Gasteiger partial charge is 0.253 e. The van der Waals surface area contributed by atoms with Gasteiger partial charge >= 0.3 is 0 Å². The molecule has 1 saturated carbocycles. The number of anilines is 2. The van der Waals surface area contributed by atoms with Gasteiger partial charge in [-0.1, -0.05) is 13.0 Å². The molecule has 2 aromatic rings. The molecule has 3 rings (SSSR count). The Bertz CT molecular complexity index is 681. The van der Waals surface area contributed by atoms with Gasteiger partial charge in [0, 0.05) is 36.7 Å². The van der Waals surface area contributed by atoms with Crippen LogP contribution in [0.1, 0.15) is 43.0 Å². The topological polar surface area (TPSA) is 58.1 Å². The lowest BCUT2D eigenvalue weighted by Gasteiger charge is -2.33. The highest BCUT2D eigenvalue weighted by Gasteiger charge is 2.25. The number of rotatable bonds is 4. The van der Waals surface area contributed by atoms with Crippen molar-refractivity contribution in [3.63, 3.8) is 0 Å². The van der Waals surface area contributed by atoms with Gasteiger partial charge in [-0.05, 0) is 55.9 Å². The summed E-state index contributed by atoms with van der Waals surface area (Å²) in [5, 5.41) is 3.13. The van der Waals surface area contributed by atoms with Crippen molar-refractivity contribution in [2.24, 2.45) is 5.92 Å². The normalized spacial score (nSPS) is 20.4. The van der Waals surface area contributed by atoms with Crippen molar-refractivity contribution >= 4 is 17.5 Å². The summed E-state index contributed by atoms with van der Waals surface area (Å²) in [6, 6.07) is 9.64. The van der Waals surface area contributed by atoms with E-state index in [-0.39, 0.29) is 5.91 Å². The zero-order valence-corrected chi connectivity index (χ0v) is 14.3. The first kappa shape index (κ1) is 16.4. The Morgan fingerprint density at radius 3 is 2.54 bits per heavy atom. The van der Waals surface area contributed by atoms with Gasteiger partial charge in [-0.25, -0.2) is 9.97 Å². The van der Waals surface area contributed by atoms with Crippen LogP contribution in [0.3, 0.4) is 0 Å². The highest BCUT2D eigenvalue weighted by atomic mass is 16.2. The molecule has 0 aliphatic heterocycles. The second kappa shape index (κ2) is 7.43. The fourth-order valence-electron chi connectivity index (χ4n) is 3.22. The Kier molecular flexibility index (Phi) is 5.08. The number of amides is 1. The number of carbonyl (C=O) groups is 1. The number of benzene rings is 1. The predicted octanol–water partition coefficient (Wildman–Crippen LogP) is 3.87. The number of nitrogens with zero attached hydrogens (tertiary/aromatic N) is 3. The van der Waals surface area contributed by atoms with E-state index in [1.807, 2.05) is 36.2 Å². The van der Waals surface area contributed by atoms with Crippen molar-refractivity contribution in [3.05, 3.63) is 48.3 Å². The summed E-state index contributed by atoms with van der Waals surface area (Å²) in [5.74, 6) is 1.38. The van der Waals surface area contributed by atoms with Gasteiger partial charge in [0.15, 0.2) is 0 Å². The molecule has 1 fully saturated rings. The molecule has 1 heterocycles. The maximum absolute atomic E-state index is 12.8. The lowest BCUT2D eigenvalue weighted by molar-refractivity contribution is 0.0679. The number of carbonyl (C=O) groups excluding carboxylic acids is 1. The highest BCUT2D eigenvalue weighted by molar-refractivity contribution is 5.95. The van der Waals surface area contributed by atoms with Crippen molar-refractivity contribution in [2.45, 2.75) is 38.6 Å². The molecular weight excluding hydrogens is 300 g/mol. The number of hydrogen-bond donors (Lipinski definition) is 1. The molecule has 0 spiro atoms. The Balaban J connectivity index is 1.69. The molecule has 0 radical (unpaired) electrons. The fourth-order valence-corrected chi connectivity index (χ4v) is 3.22. The van der Waals surface area contributed by atoms with Gasteiger partial charge in [0.25, 0.3) is 5.91 Å². The van der Waals surface area contributed by atoms with Gasteiger partial charge in [-0.2, -0.15) is 0 Å². The summed E-state index contributed by atoms with van der Waals surface area (Å²) in [4.78, 5) is 23.0. The molecule has 1 aromatic heterocycles. The SMILES string of the molecule is CC1CCC(N(C)C(=O)c2cccc(Nc3ncccn3)c2)CC1. The highest BCUT2D eigenvalue weighted by Crippen LogP contribution is 2.27. The quantitative estimate of drug-likeness (QED) is 0.927. The third-order valence-electron chi connectivity index (χ3n) is 4.78. The van der Waals surface area contributed by atoms with Gasteiger partial charge < -0.3 is 10.2 Å². The van der Waals surface area contributed by atoms with Crippen molar-refractivity contribution in [1.82, 2.24) is 14.9 Å². The average molecular weight is 324 g/mol. The van der Waals surface area contributed by atoms with Crippen molar-refractivity contribution < 1.29 is 4.79 Å². The Morgan fingerprint density at radius 1 is 1.12 bits per heavy atom. The van der Waals surface area contributed by atoms with Crippen LogP contribution in [0.25, 0.3) is 0 Å². The summed E-state index contributed by atoms with van der Waals surface area (Å²) >= 11 is 0. The van der Waals surface area contributed by atoms with E-state index in [9.17, 15) is 4.79 Å². The molecule has 5 heteroatoms. The van der Waals surface area contributed by atoms with Crippen LogP contribution >= 0.6 is 0 Å². The summed E-state index contributed by atoms with van der Waals surface area (Å²) in [6.07, 6.45) is 7.97. The van der Waals surface area contributed by atoms with E-state index in [0.717, 1.165) is 24.4 Å². The minimum absolute atomic E-state index is 0.0761. The maximum Gasteiger partial charge on any atom is 0.253 e. The summed E-state index contributed by atoms with van der Waals surface area (Å²) < 4.78 is 0. The van der Waals surface area contributed by atoms with E-state index in [2.05, 4.69) is 22.2 Å². The van der Waals surface area contributed by atoms with Gasteiger partial charge in [-0.15, -0.1) is 0 Å². The lowest BCUT2D eigenvalue weighted by atomic mass is 9.86. The molecule has 126 valence electrons. The predicted molar refractivity (Wildman–Crippen MR) is 95.3 cm³/mol. The van der Waals surface area contributed by atoms with Crippen molar-refractivity contribution in [3.8, 4) is 0 Å². The first-order valence-electron chi connectivity index (χ1n) is 8.55. The summed E-state index contributed by atoms with van der Waals surface area (Å²) in [5.41, 5.74) is 1.51. The Hall–Kier alpha value is -2.43. The van der Waals surface area contributed by atoms with E-state index >= 15 is 0 Å². The molecule has 1 aromatic carbocycles. The summed E-state index contributed by atoms with van der Waals surface area (Å²) in [6.45, 7) is 2.29. The van der Waals surface area contributed by atoms with E-state index in [1.165, 1.54) is 12.8 Å². The second-order valence-electron chi connectivity index (χ2n) is 6.61. The number of aromatic nitrogens is 2. The molecule has 5 nitrogen and oxygen atoms in total. The van der Waals surface area contributed by atoms with Crippen LogP contribution in [0, 0.1) is 5.92 Å². The van der Waals surface area contributed by atoms with E-state index in [1.54, 1.807) is 18.5 Å². The van der Waals surface area contributed by atoms with Crippen molar-refractivity contribution in [1.29, 1.82) is 0 Å². The van der Waals surface area contributed by atoms with E-state index in [4.69, 9.17) is 0 Å². The molecule has 0 saturated heterocycles. The van der Waals surface area contributed by atoms with Gasteiger partial charge in [0.2, 0.25) is 5.95 Å². The number of hydrogen-bond acceptors (Lipinski definition) is 4. The van der Waals surface area contributed by atoms with Crippen LogP contribution in [0.2, 0.25) is 0 Å². The third-order valence-corrected chi connectivity index (χ3v) is 4.78. The third kappa shape index (κ3) is 3.91. The molecule has 0 atom stereocenters. The fraction of sp³-hybridized carbons (Fsp3) is 0.421. The van der Waals surface area contributed by atoms with Crippen LogP contribution < -0.4 is 5.32 Å². The molecule has 1 aliphatic rings. The van der Waals surface area contributed by atoms with Crippen LogP contribution in [-0.2, 0) is 0 Å². The van der Waals surface area contributed by atoms with E-state index < -0.39 is 0 Å². The molecule has 0 unspecified atom stereocenters. The first-order chi connectivity index (χ1) is 11.6. The zero-order chi connectivity index (χ0) is 16.9. The van der Waals surface area contributed by atoms with E-state index in [0.29, 0.717) is 17.6 Å². The van der Waals surface area contributed by atoms with Gasteiger partial charge in [0.05, 0.1) is 0 Å².